The van der Waals surface area contributed by atoms with E-state index in [-0.39, 0.29) is 24.1 Å². The molecule has 180 valence electrons. The molecular formula is C27H28N4O4. The zero-order valence-electron chi connectivity index (χ0n) is 20.0. The van der Waals surface area contributed by atoms with Gasteiger partial charge in [0.25, 0.3) is 5.91 Å². The van der Waals surface area contributed by atoms with Gasteiger partial charge in [-0.05, 0) is 69.5 Å². The monoisotopic (exact) mass is 472 g/mol. The largest absolute Gasteiger partial charge is 0.461 e. The molecule has 0 atom stereocenters. The molecule has 8 heteroatoms. The lowest BCUT2D eigenvalue weighted by Gasteiger charge is -2.29. The Morgan fingerprint density at radius 1 is 0.886 bits per heavy atom. The van der Waals surface area contributed by atoms with Crippen molar-refractivity contribution in [2.24, 2.45) is 0 Å². The van der Waals surface area contributed by atoms with E-state index < -0.39 is 5.97 Å². The van der Waals surface area contributed by atoms with Gasteiger partial charge in [0, 0.05) is 36.4 Å². The second-order valence-corrected chi connectivity index (χ2v) is 8.87. The van der Waals surface area contributed by atoms with Crippen LogP contribution in [0.15, 0.2) is 48.5 Å². The molecule has 3 aromatic rings. The quantitative estimate of drug-likeness (QED) is 0.523. The van der Waals surface area contributed by atoms with Gasteiger partial charge >= 0.3 is 5.97 Å². The van der Waals surface area contributed by atoms with Crippen molar-refractivity contribution < 1.29 is 19.1 Å². The summed E-state index contributed by atoms with van der Waals surface area (Å²) in [6, 6.07) is 15.2. The number of aryl methyl sites for hydroxylation is 1. The molecule has 1 fully saturated rings. The lowest BCUT2D eigenvalue weighted by atomic mass is 10.0. The van der Waals surface area contributed by atoms with E-state index in [1.54, 1.807) is 16.5 Å². The van der Waals surface area contributed by atoms with Crippen LogP contribution >= 0.6 is 0 Å². The number of benzene rings is 2. The normalized spacial score (nSPS) is 15.8. The van der Waals surface area contributed by atoms with Crippen LogP contribution in [0, 0.1) is 6.92 Å². The van der Waals surface area contributed by atoms with Crippen molar-refractivity contribution in [1.29, 1.82) is 0 Å². The number of esters is 1. The first-order valence-corrected chi connectivity index (χ1v) is 12.1. The summed E-state index contributed by atoms with van der Waals surface area (Å²) < 4.78 is 6.77. The first-order chi connectivity index (χ1) is 17.0. The van der Waals surface area contributed by atoms with Crippen LogP contribution in [0.3, 0.4) is 0 Å². The summed E-state index contributed by atoms with van der Waals surface area (Å²) in [7, 11) is 0. The Kier molecular flexibility index (Phi) is 6.11. The van der Waals surface area contributed by atoms with E-state index >= 15 is 0 Å². The summed E-state index contributed by atoms with van der Waals surface area (Å²) in [6.45, 7) is 5.10. The Balaban J connectivity index is 1.50. The number of hydrogen-bond donors (Lipinski definition) is 0. The maximum atomic E-state index is 13.8. The Morgan fingerprint density at radius 2 is 1.54 bits per heavy atom. The van der Waals surface area contributed by atoms with Crippen LogP contribution in [0.1, 0.15) is 58.3 Å². The van der Waals surface area contributed by atoms with Crippen LogP contribution in [0.2, 0.25) is 0 Å². The number of hydrogen-bond acceptors (Lipinski definition) is 5. The summed E-state index contributed by atoms with van der Waals surface area (Å²) in [5.41, 5.74) is 4.55. The molecule has 8 nitrogen and oxygen atoms in total. The highest BCUT2D eigenvalue weighted by Gasteiger charge is 2.35. The lowest BCUT2D eigenvalue weighted by Crippen LogP contribution is -2.39. The molecule has 2 aliphatic heterocycles. The van der Waals surface area contributed by atoms with Crippen LogP contribution in [-0.4, -0.2) is 47.3 Å². The van der Waals surface area contributed by atoms with Gasteiger partial charge in [0.05, 0.1) is 12.3 Å². The summed E-state index contributed by atoms with van der Waals surface area (Å²) in [5, 5.41) is 4.52. The van der Waals surface area contributed by atoms with Gasteiger partial charge in [-0.1, -0.05) is 17.7 Å². The highest BCUT2D eigenvalue weighted by Crippen LogP contribution is 2.31. The zero-order valence-corrected chi connectivity index (χ0v) is 20.0. The SMILES string of the molecule is CCOC(=O)c1nn(-c2ccc(C)cc2)c2c1CCN(c1ccc(N3CCCCC3=O)cc1)C2=O. The fourth-order valence-electron chi connectivity index (χ4n) is 4.73. The second kappa shape index (κ2) is 9.37. The molecule has 2 amide bonds. The van der Waals surface area contributed by atoms with Crippen LogP contribution in [0.5, 0.6) is 0 Å². The molecule has 3 heterocycles. The van der Waals surface area contributed by atoms with Crippen molar-refractivity contribution in [3.05, 3.63) is 71.0 Å². The van der Waals surface area contributed by atoms with Crippen LogP contribution in [0.4, 0.5) is 11.4 Å². The number of carbonyl (C=O) groups excluding carboxylic acids is 3. The average Bonchev–Trinajstić information content (AvgIpc) is 3.26. The molecule has 0 spiro atoms. The van der Waals surface area contributed by atoms with Crippen molar-refractivity contribution in [3.8, 4) is 5.69 Å². The summed E-state index contributed by atoms with van der Waals surface area (Å²) in [5.74, 6) is -0.612. The first kappa shape index (κ1) is 22.8. The van der Waals surface area contributed by atoms with E-state index in [1.165, 1.54) is 0 Å². The molecule has 0 saturated carbocycles. The van der Waals surface area contributed by atoms with E-state index in [0.717, 1.165) is 36.3 Å². The molecule has 35 heavy (non-hydrogen) atoms. The van der Waals surface area contributed by atoms with Crippen molar-refractivity contribution in [2.45, 2.75) is 39.5 Å². The number of amides is 2. The number of fused-ring (bicyclic) bond motifs is 1. The van der Waals surface area contributed by atoms with E-state index in [0.29, 0.717) is 36.3 Å². The zero-order chi connectivity index (χ0) is 24.5. The second-order valence-electron chi connectivity index (χ2n) is 8.87. The number of nitrogens with zero attached hydrogens (tertiary/aromatic N) is 4. The number of piperidine rings is 1. The maximum absolute atomic E-state index is 13.8. The fourth-order valence-corrected chi connectivity index (χ4v) is 4.73. The van der Waals surface area contributed by atoms with Gasteiger partial charge in [0.2, 0.25) is 5.91 Å². The van der Waals surface area contributed by atoms with Crippen molar-refractivity contribution in [3.63, 3.8) is 0 Å². The van der Waals surface area contributed by atoms with Crippen LogP contribution in [0.25, 0.3) is 5.69 Å². The Hall–Kier alpha value is -3.94. The summed E-state index contributed by atoms with van der Waals surface area (Å²) in [6.07, 6.45) is 2.97. The van der Waals surface area contributed by atoms with Gasteiger partial charge in [-0.2, -0.15) is 5.10 Å². The molecule has 2 aromatic carbocycles. The average molecular weight is 473 g/mol. The Morgan fingerprint density at radius 3 is 2.20 bits per heavy atom. The number of aromatic nitrogens is 2. The van der Waals surface area contributed by atoms with E-state index in [1.807, 2.05) is 60.4 Å². The molecule has 2 aliphatic rings. The number of ether oxygens (including phenoxy) is 1. The first-order valence-electron chi connectivity index (χ1n) is 12.1. The minimum Gasteiger partial charge on any atom is -0.461 e. The minimum absolute atomic E-state index is 0.135. The van der Waals surface area contributed by atoms with Crippen molar-refractivity contribution >= 4 is 29.2 Å². The fraction of sp³-hybridized carbons (Fsp3) is 0.333. The molecule has 0 unspecified atom stereocenters. The molecule has 0 aliphatic carbocycles. The van der Waals surface area contributed by atoms with Gasteiger partial charge in [-0.3, -0.25) is 9.59 Å². The predicted octanol–water partition coefficient (Wildman–Crippen LogP) is 4.08. The van der Waals surface area contributed by atoms with Crippen LogP contribution in [-0.2, 0) is 16.0 Å². The Bertz CT molecular complexity index is 1280. The highest BCUT2D eigenvalue weighted by molar-refractivity contribution is 6.09. The predicted molar refractivity (Wildman–Crippen MR) is 132 cm³/mol. The minimum atomic E-state index is -0.522. The number of rotatable bonds is 5. The van der Waals surface area contributed by atoms with Crippen LogP contribution < -0.4 is 9.80 Å². The topological polar surface area (TPSA) is 84.7 Å². The molecule has 0 N–H and O–H groups in total. The van der Waals surface area contributed by atoms with Crippen molar-refractivity contribution in [2.75, 3.05) is 29.5 Å². The van der Waals surface area contributed by atoms with Gasteiger partial charge in [-0.15, -0.1) is 0 Å². The third-order valence-corrected chi connectivity index (χ3v) is 6.56. The third-order valence-electron chi connectivity index (χ3n) is 6.56. The Labute approximate surface area is 204 Å². The molecule has 0 radical (unpaired) electrons. The van der Waals surface area contributed by atoms with Gasteiger partial charge in [-0.25, -0.2) is 9.48 Å². The molecule has 5 rings (SSSR count). The lowest BCUT2D eigenvalue weighted by molar-refractivity contribution is -0.119. The molecule has 1 aromatic heterocycles. The summed E-state index contributed by atoms with van der Waals surface area (Å²) >= 11 is 0. The molecular weight excluding hydrogens is 444 g/mol. The standard InChI is InChI=1S/C27H28N4O4/c1-3-35-27(34)24-22-15-17-30(20-13-11-19(12-14-20)29-16-5-4-6-23(29)32)26(33)25(22)31(28-24)21-9-7-18(2)8-10-21/h7-14H,3-6,15-17H2,1-2H3. The smallest absolute Gasteiger partial charge is 0.359 e. The molecule has 0 bridgehead atoms. The van der Waals surface area contributed by atoms with Gasteiger partial charge < -0.3 is 14.5 Å². The van der Waals surface area contributed by atoms with E-state index in [2.05, 4.69) is 5.10 Å². The van der Waals surface area contributed by atoms with E-state index in [4.69, 9.17) is 4.74 Å². The third kappa shape index (κ3) is 4.20. The molecule has 1 saturated heterocycles. The summed E-state index contributed by atoms with van der Waals surface area (Å²) in [4.78, 5) is 42.2. The number of carbonyl (C=O) groups is 3. The maximum Gasteiger partial charge on any atom is 0.359 e. The highest BCUT2D eigenvalue weighted by atomic mass is 16.5. The van der Waals surface area contributed by atoms with Gasteiger partial charge in [0.1, 0.15) is 5.69 Å². The van der Waals surface area contributed by atoms with E-state index in [9.17, 15) is 14.4 Å². The van der Waals surface area contributed by atoms with Crippen molar-refractivity contribution in [1.82, 2.24) is 9.78 Å². The van der Waals surface area contributed by atoms with Gasteiger partial charge in [0.15, 0.2) is 5.69 Å². The number of anilines is 2.